The summed E-state index contributed by atoms with van der Waals surface area (Å²) in [5.74, 6) is 1.20. The van der Waals surface area contributed by atoms with Gasteiger partial charge in [0.2, 0.25) is 0 Å². The third kappa shape index (κ3) is 4.90. The van der Waals surface area contributed by atoms with E-state index >= 15 is 0 Å². The molecule has 1 aliphatic rings. The van der Waals surface area contributed by atoms with Crippen LogP contribution in [-0.2, 0) is 0 Å². The van der Waals surface area contributed by atoms with E-state index in [0.717, 1.165) is 64.5 Å². The van der Waals surface area contributed by atoms with Gasteiger partial charge in [0.1, 0.15) is 0 Å². The van der Waals surface area contributed by atoms with Gasteiger partial charge in [-0.15, -0.1) is 0 Å². The molecule has 1 saturated carbocycles. The van der Waals surface area contributed by atoms with E-state index in [2.05, 4.69) is 83.6 Å². The number of hydrogen-bond donors (Lipinski definition) is 2. The second-order valence-electron chi connectivity index (χ2n) is 10.3. The van der Waals surface area contributed by atoms with E-state index in [1.165, 1.54) is 0 Å². The van der Waals surface area contributed by atoms with Gasteiger partial charge >= 0.3 is 0 Å². The van der Waals surface area contributed by atoms with Gasteiger partial charge in [-0.1, -0.05) is 80.6 Å². The highest BCUT2D eigenvalue weighted by atomic mass is 16.1. The lowest BCUT2D eigenvalue weighted by atomic mass is 9.98. The number of imidazole rings is 1. The van der Waals surface area contributed by atoms with Gasteiger partial charge in [0.25, 0.3) is 5.91 Å². The lowest BCUT2D eigenvalue weighted by molar-refractivity contribution is 0.0951. The Labute approximate surface area is 222 Å². The standard InChI is InChI=1S/C32H31N5O/c1-21(2)18-33-30-31-34-19-29(23-12-14-24(15-13-23)32(38)35-25-16-17-25)37(31)20-28(36-30)27-11-7-6-10-26(27)22-8-4-3-5-9-22/h3-15,19-21,25H,16-18H2,1-2H3,(H,33,36)(H,35,38). The molecule has 2 N–H and O–H groups in total. The Morgan fingerprint density at radius 1 is 0.921 bits per heavy atom. The van der Waals surface area contributed by atoms with Gasteiger partial charge in [-0.05, 0) is 42.0 Å². The smallest absolute Gasteiger partial charge is 0.251 e. The van der Waals surface area contributed by atoms with Crippen molar-refractivity contribution in [3.63, 3.8) is 0 Å². The molecule has 6 heteroatoms. The second kappa shape index (κ2) is 10.1. The van der Waals surface area contributed by atoms with Crippen LogP contribution in [0.4, 0.5) is 5.82 Å². The quantitative estimate of drug-likeness (QED) is 0.248. The number of anilines is 1. The van der Waals surface area contributed by atoms with Crippen LogP contribution in [0.15, 0.2) is 91.3 Å². The molecule has 0 spiro atoms. The predicted molar refractivity (Wildman–Crippen MR) is 153 cm³/mol. The van der Waals surface area contributed by atoms with Gasteiger partial charge in [0, 0.05) is 35.5 Å². The number of aromatic nitrogens is 3. The molecule has 0 atom stereocenters. The number of fused-ring (bicyclic) bond motifs is 1. The SMILES string of the molecule is CC(C)CNc1nc(-c2ccccc2-c2ccccc2)cn2c(-c3ccc(C(=O)NC4CC4)cc3)cnc12. The van der Waals surface area contributed by atoms with Gasteiger partial charge in [-0.3, -0.25) is 9.20 Å². The van der Waals surface area contributed by atoms with Gasteiger partial charge in [-0.2, -0.15) is 0 Å². The summed E-state index contributed by atoms with van der Waals surface area (Å²) in [6, 6.07) is 26.8. The van der Waals surface area contributed by atoms with Crippen molar-refractivity contribution in [2.75, 3.05) is 11.9 Å². The van der Waals surface area contributed by atoms with Gasteiger partial charge in [-0.25, -0.2) is 9.97 Å². The van der Waals surface area contributed by atoms with Crippen molar-refractivity contribution >= 4 is 17.4 Å². The Kier molecular flexibility index (Phi) is 6.38. The van der Waals surface area contributed by atoms with E-state index in [1.807, 2.05) is 36.5 Å². The Morgan fingerprint density at radius 3 is 2.34 bits per heavy atom. The molecule has 38 heavy (non-hydrogen) atoms. The molecule has 3 aromatic carbocycles. The molecule has 0 bridgehead atoms. The number of rotatable bonds is 8. The van der Waals surface area contributed by atoms with Crippen molar-refractivity contribution in [2.24, 2.45) is 5.92 Å². The fourth-order valence-corrected chi connectivity index (χ4v) is 4.62. The van der Waals surface area contributed by atoms with Gasteiger partial charge in [0.05, 0.1) is 17.6 Å². The average Bonchev–Trinajstić information content (AvgIpc) is 3.67. The first-order valence-corrected chi connectivity index (χ1v) is 13.2. The molecule has 2 aromatic heterocycles. The Morgan fingerprint density at radius 2 is 1.63 bits per heavy atom. The van der Waals surface area contributed by atoms with E-state index in [-0.39, 0.29) is 5.91 Å². The zero-order chi connectivity index (χ0) is 26.1. The highest BCUT2D eigenvalue weighted by Gasteiger charge is 2.24. The molecular weight excluding hydrogens is 470 g/mol. The average molecular weight is 502 g/mol. The zero-order valence-corrected chi connectivity index (χ0v) is 21.7. The summed E-state index contributed by atoms with van der Waals surface area (Å²) in [5, 5.41) is 6.58. The molecule has 190 valence electrons. The molecule has 6 nitrogen and oxygen atoms in total. The maximum atomic E-state index is 12.5. The maximum Gasteiger partial charge on any atom is 0.251 e. The number of carbonyl (C=O) groups excluding carboxylic acids is 1. The molecule has 1 fully saturated rings. The largest absolute Gasteiger partial charge is 0.367 e. The van der Waals surface area contributed by atoms with Crippen molar-refractivity contribution in [1.29, 1.82) is 0 Å². The molecule has 0 unspecified atom stereocenters. The van der Waals surface area contributed by atoms with Crippen LogP contribution < -0.4 is 10.6 Å². The second-order valence-corrected chi connectivity index (χ2v) is 10.3. The van der Waals surface area contributed by atoms with Crippen molar-refractivity contribution in [1.82, 2.24) is 19.7 Å². The molecule has 5 aromatic rings. The molecule has 0 radical (unpaired) electrons. The molecular formula is C32H31N5O. The first-order chi connectivity index (χ1) is 18.6. The van der Waals surface area contributed by atoms with E-state index in [0.29, 0.717) is 17.5 Å². The minimum Gasteiger partial charge on any atom is -0.367 e. The lowest BCUT2D eigenvalue weighted by Crippen LogP contribution is -2.25. The third-order valence-corrected chi connectivity index (χ3v) is 6.81. The normalized spacial score (nSPS) is 13.1. The Balaban J connectivity index is 1.45. The zero-order valence-electron chi connectivity index (χ0n) is 21.7. The molecule has 1 aliphatic carbocycles. The first kappa shape index (κ1) is 23.9. The van der Waals surface area contributed by atoms with E-state index in [1.54, 1.807) is 0 Å². The molecule has 0 saturated heterocycles. The minimum atomic E-state index is -0.0126. The monoisotopic (exact) mass is 501 g/mol. The molecule has 2 heterocycles. The summed E-state index contributed by atoms with van der Waals surface area (Å²) < 4.78 is 2.10. The van der Waals surface area contributed by atoms with Crippen molar-refractivity contribution in [3.05, 3.63) is 96.8 Å². The highest BCUT2D eigenvalue weighted by molar-refractivity contribution is 5.95. The number of amides is 1. The van der Waals surface area contributed by atoms with E-state index in [9.17, 15) is 4.79 Å². The molecule has 6 rings (SSSR count). The number of benzene rings is 3. The van der Waals surface area contributed by atoms with Gasteiger partial charge < -0.3 is 10.6 Å². The topological polar surface area (TPSA) is 71.3 Å². The summed E-state index contributed by atoms with van der Waals surface area (Å²) in [7, 11) is 0. The van der Waals surface area contributed by atoms with Crippen LogP contribution in [0.3, 0.4) is 0 Å². The fourth-order valence-electron chi connectivity index (χ4n) is 4.62. The molecule has 0 aliphatic heterocycles. The lowest BCUT2D eigenvalue weighted by Gasteiger charge is -2.15. The minimum absolute atomic E-state index is 0.0126. The third-order valence-electron chi connectivity index (χ3n) is 6.81. The summed E-state index contributed by atoms with van der Waals surface area (Å²) in [5.41, 5.74) is 7.58. The first-order valence-electron chi connectivity index (χ1n) is 13.2. The van der Waals surface area contributed by atoms with Crippen LogP contribution in [0.25, 0.3) is 39.3 Å². The Hall–Kier alpha value is -4.45. The van der Waals surface area contributed by atoms with Crippen LogP contribution in [0.5, 0.6) is 0 Å². The fraction of sp³-hybridized carbons (Fsp3) is 0.219. The Bertz CT molecular complexity index is 1580. The van der Waals surface area contributed by atoms with Crippen LogP contribution >= 0.6 is 0 Å². The summed E-state index contributed by atoms with van der Waals surface area (Å²) in [6.45, 7) is 5.15. The number of hydrogen-bond acceptors (Lipinski definition) is 4. The maximum absolute atomic E-state index is 12.5. The summed E-state index contributed by atoms with van der Waals surface area (Å²) in [4.78, 5) is 22.3. The summed E-state index contributed by atoms with van der Waals surface area (Å²) >= 11 is 0. The van der Waals surface area contributed by atoms with E-state index < -0.39 is 0 Å². The highest BCUT2D eigenvalue weighted by Crippen LogP contribution is 2.34. The van der Waals surface area contributed by atoms with Crippen LogP contribution in [0, 0.1) is 5.92 Å². The van der Waals surface area contributed by atoms with Crippen LogP contribution in [0.1, 0.15) is 37.0 Å². The molecule has 1 amide bonds. The predicted octanol–water partition coefficient (Wildman–Crippen LogP) is 6.69. The van der Waals surface area contributed by atoms with Gasteiger partial charge in [0.15, 0.2) is 11.5 Å². The number of nitrogens with one attached hydrogen (secondary N) is 2. The van der Waals surface area contributed by atoms with Crippen LogP contribution in [-0.4, -0.2) is 32.9 Å². The van der Waals surface area contributed by atoms with E-state index in [4.69, 9.17) is 9.97 Å². The van der Waals surface area contributed by atoms with Crippen molar-refractivity contribution < 1.29 is 4.79 Å². The summed E-state index contributed by atoms with van der Waals surface area (Å²) in [6.07, 6.45) is 6.09. The van der Waals surface area contributed by atoms with Crippen molar-refractivity contribution in [2.45, 2.75) is 32.7 Å². The number of nitrogens with zero attached hydrogens (tertiary/aromatic N) is 3. The van der Waals surface area contributed by atoms with Crippen LogP contribution in [0.2, 0.25) is 0 Å². The number of carbonyl (C=O) groups is 1. The van der Waals surface area contributed by atoms with Crippen molar-refractivity contribution in [3.8, 4) is 33.6 Å².